The van der Waals surface area contributed by atoms with Gasteiger partial charge in [-0.2, -0.15) is 0 Å². The molecule has 1 amide bonds. The summed E-state index contributed by atoms with van der Waals surface area (Å²) in [6.45, 7) is 3.03. The van der Waals surface area contributed by atoms with Gasteiger partial charge in [0.15, 0.2) is 0 Å². The number of nitrogens with one attached hydrogen (secondary N) is 1. The molecular formula is C9H15F2NO2. The van der Waals surface area contributed by atoms with Crippen LogP contribution in [0, 0.1) is 0 Å². The number of halogens is 2. The third-order valence-electron chi connectivity index (χ3n) is 1.63. The summed E-state index contributed by atoms with van der Waals surface area (Å²) in [5.74, 6) is -0.424. The molecule has 0 spiro atoms. The van der Waals surface area contributed by atoms with E-state index in [4.69, 9.17) is 5.11 Å². The van der Waals surface area contributed by atoms with Crippen molar-refractivity contribution in [3.63, 3.8) is 0 Å². The molecule has 0 saturated carbocycles. The number of hydrogen-bond acceptors (Lipinski definition) is 2. The van der Waals surface area contributed by atoms with E-state index >= 15 is 0 Å². The number of amides is 1. The number of rotatable bonds is 5. The van der Waals surface area contributed by atoms with Crippen molar-refractivity contribution in [2.24, 2.45) is 0 Å². The van der Waals surface area contributed by atoms with Gasteiger partial charge in [0.2, 0.25) is 5.91 Å². The molecule has 0 aliphatic carbocycles. The molecule has 3 nitrogen and oxygen atoms in total. The highest BCUT2D eigenvalue weighted by molar-refractivity contribution is 5.92. The van der Waals surface area contributed by atoms with Crippen LogP contribution in [0.5, 0.6) is 0 Å². The third kappa shape index (κ3) is 4.91. The summed E-state index contributed by atoms with van der Waals surface area (Å²) in [5, 5.41) is 10.9. The van der Waals surface area contributed by atoms with E-state index in [9.17, 15) is 13.6 Å². The molecule has 0 saturated heterocycles. The molecule has 0 heterocycles. The van der Waals surface area contributed by atoms with E-state index in [1.165, 1.54) is 0 Å². The summed E-state index contributed by atoms with van der Waals surface area (Å²) >= 11 is 0. The molecule has 0 aromatic heterocycles. The lowest BCUT2D eigenvalue weighted by molar-refractivity contribution is -0.118. The topological polar surface area (TPSA) is 49.3 Å². The lowest BCUT2D eigenvalue weighted by atomic mass is 10.2. The quantitative estimate of drug-likeness (QED) is 0.663. The predicted octanol–water partition coefficient (Wildman–Crippen LogP) is 1.08. The molecule has 0 aliphatic heterocycles. The average Bonchev–Trinajstić information content (AvgIpc) is 2.13. The van der Waals surface area contributed by atoms with E-state index in [-0.39, 0.29) is 0 Å². The summed E-state index contributed by atoms with van der Waals surface area (Å²) in [6, 6.07) is 0. The maximum Gasteiger partial charge on any atom is 0.265 e. The summed E-state index contributed by atoms with van der Waals surface area (Å²) in [7, 11) is 0. The van der Waals surface area contributed by atoms with Gasteiger partial charge in [-0.1, -0.05) is 13.0 Å². The van der Waals surface area contributed by atoms with Gasteiger partial charge in [-0.05, 0) is 13.3 Å². The lowest BCUT2D eigenvalue weighted by Gasteiger charge is -2.10. The van der Waals surface area contributed by atoms with Crippen LogP contribution in [-0.4, -0.2) is 30.1 Å². The van der Waals surface area contributed by atoms with Crippen LogP contribution >= 0.6 is 0 Å². The highest BCUT2D eigenvalue weighted by Crippen LogP contribution is 2.00. The number of aliphatic hydroxyl groups excluding tert-OH is 1. The Hall–Kier alpha value is -0.970. The Kier molecular flexibility index (Phi) is 6.03. The molecule has 0 fully saturated rings. The van der Waals surface area contributed by atoms with Crippen LogP contribution in [0.25, 0.3) is 0 Å². The van der Waals surface area contributed by atoms with Crippen LogP contribution in [0.4, 0.5) is 8.78 Å². The average molecular weight is 207 g/mol. The van der Waals surface area contributed by atoms with Gasteiger partial charge in [0.05, 0.1) is 0 Å². The van der Waals surface area contributed by atoms with E-state index in [2.05, 4.69) is 5.32 Å². The van der Waals surface area contributed by atoms with Crippen molar-refractivity contribution in [3.05, 3.63) is 11.6 Å². The molecule has 0 rings (SSSR count). The second-order valence-corrected chi connectivity index (χ2v) is 2.91. The van der Waals surface area contributed by atoms with Gasteiger partial charge in [0, 0.05) is 12.1 Å². The van der Waals surface area contributed by atoms with E-state index < -0.39 is 25.0 Å². The zero-order chi connectivity index (χ0) is 11.1. The SMILES string of the molecule is CC/C=C(/C)C(=O)NCC(O)C(F)F. The minimum Gasteiger partial charge on any atom is -0.385 e. The zero-order valence-electron chi connectivity index (χ0n) is 8.26. The Labute approximate surface area is 81.8 Å². The summed E-state index contributed by atoms with van der Waals surface area (Å²) in [6.07, 6.45) is -2.24. The molecule has 2 N–H and O–H groups in total. The Balaban J connectivity index is 3.91. The number of alkyl halides is 2. The Morgan fingerprint density at radius 2 is 2.14 bits per heavy atom. The van der Waals surface area contributed by atoms with Gasteiger partial charge in [-0.25, -0.2) is 8.78 Å². The molecule has 0 aromatic carbocycles. The van der Waals surface area contributed by atoms with E-state index in [0.29, 0.717) is 12.0 Å². The fourth-order valence-corrected chi connectivity index (χ4v) is 0.825. The molecule has 0 aliphatic rings. The number of hydrogen-bond donors (Lipinski definition) is 2. The van der Waals surface area contributed by atoms with E-state index in [0.717, 1.165) is 0 Å². The van der Waals surface area contributed by atoms with Crippen LogP contribution in [0.3, 0.4) is 0 Å². The van der Waals surface area contributed by atoms with Crippen LogP contribution in [-0.2, 0) is 4.79 Å². The Morgan fingerprint density at radius 1 is 1.57 bits per heavy atom. The lowest BCUT2D eigenvalue weighted by Crippen LogP contribution is -2.36. The zero-order valence-corrected chi connectivity index (χ0v) is 8.26. The standard InChI is InChI=1S/C9H15F2NO2/c1-3-4-6(2)9(14)12-5-7(13)8(10)11/h4,7-8,13H,3,5H2,1-2H3,(H,12,14)/b6-4-. The number of allylic oxidation sites excluding steroid dienone is 1. The van der Waals surface area contributed by atoms with Crippen molar-refractivity contribution in [1.29, 1.82) is 0 Å². The van der Waals surface area contributed by atoms with Crippen molar-refractivity contribution in [3.8, 4) is 0 Å². The summed E-state index contributed by atoms with van der Waals surface area (Å²) in [4.78, 5) is 11.1. The predicted molar refractivity (Wildman–Crippen MR) is 49.1 cm³/mol. The first-order valence-electron chi connectivity index (χ1n) is 4.40. The minimum absolute atomic E-state index is 0.424. The molecule has 0 aromatic rings. The first kappa shape index (κ1) is 13.0. The molecule has 5 heteroatoms. The maximum atomic E-state index is 11.8. The van der Waals surface area contributed by atoms with Gasteiger partial charge >= 0.3 is 0 Å². The molecule has 1 atom stereocenters. The smallest absolute Gasteiger partial charge is 0.265 e. The van der Waals surface area contributed by atoms with Crippen molar-refractivity contribution in [1.82, 2.24) is 5.32 Å². The van der Waals surface area contributed by atoms with Crippen LogP contribution in [0.15, 0.2) is 11.6 Å². The normalized spacial score (nSPS) is 14.3. The van der Waals surface area contributed by atoms with Crippen LogP contribution in [0.1, 0.15) is 20.3 Å². The third-order valence-corrected chi connectivity index (χ3v) is 1.63. The van der Waals surface area contributed by atoms with Gasteiger partial charge in [0.1, 0.15) is 6.10 Å². The van der Waals surface area contributed by atoms with Gasteiger partial charge in [0.25, 0.3) is 6.43 Å². The molecule has 82 valence electrons. The Bertz CT molecular complexity index is 217. The largest absolute Gasteiger partial charge is 0.385 e. The number of aliphatic hydroxyl groups is 1. The van der Waals surface area contributed by atoms with Gasteiger partial charge in [-0.15, -0.1) is 0 Å². The van der Waals surface area contributed by atoms with Crippen molar-refractivity contribution in [2.45, 2.75) is 32.8 Å². The van der Waals surface area contributed by atoms with Crippen LogP contribution < -0.4 is 5.32 Å². The fourth-order valence-electron chi connectivity index (χ4n) is 0.825. The molecule has 1 unspecified atom stereocenters. The first-order valence-corrected chi connectivity index (χ1v) is 4.40. The first-order chi connectivity index (χ1) is 6.49. The van der Waals surface area contributed by atoms with Crippen LogP contribution in [0.2, 0.25) is 0 Å². The van der Waals surface area contributed by atoms with E-state index in [1.54, 1.807) is 13.0 Å². The molecule has 14 heavy (non-hydrogen) atoms. The monoisotopic (exact) mass is 207 g/mol. The molecule has 0 bridgehead atoms. The fraction of sp³-hybridized carbons (Fsp3) is 0.667. The van der Waals surface area contributed by atoms with Crippen molar-refractivity contribution < 1.29 is 18.7 Å². The highest BCUT2D eigenvalue weighted by atomic mass is 19.3. The summed E-state index contributed by atoms with van der Waals surface area (Å²) < 4.78 is 23.6. The maximum absolute atomic E-state index is 11.8. The molecule has 0 radical (unpaired) electrons. The van der Waals surface area contributed by atoms with Crippen molar-refractivity contribution in [2.75, 3.05) is 6.54 Å². The molecular weight excluding hydrogens is 192 g/mol. The second kappa shape index (κ2) is 6.48. The summed E-state index contributed by atoms with van der Waals surface area (Å²) in [5.41, 5.74) is 0.467. The van der Waals surface area contributed by atoms with Crippen molar-refractivity contribution >= 4 is 5.91 Å². The van der Waals surface area contributed by atoms with Gasteiger partial charge < -0.3 is 10.4 Å². The van der Waals surface area contributed by atoms with Gasteiger partial charge in [-0.3, -0.25) is 4.79 Å². The minimum atomic E-state index is -2.83. The number of carbonyl (C=O) groups excluding carboxylic acids is 1. The Morgan fingerprint density at radius 3 is 2.57 bits per heavy atom. The highest BCUT2D eigenvalue weighted by Gasteiger charge is 2.17. The number of carbonyl (C=O) groups is 1. The van der Waals surface area contributed by atoms with E-state index in [1.807, 2.05) is 6.92 Å². The second-order valence-electron chi connectivity index (χ2n) is 2.91.